The highest BCUT2D eigenvalue weighted by Crippen LogP contribution is 2.27. The molecule has 1 aliphatic rings. The molecule has 1 aromatic heterocycles. The molecular formula is C23H26N4O2. The number of aromatic nitrogens is 2. The number of amides is 1. The van der Waals surface area contributed by atoms with E-state index in [1.165, 1.54) is 5.56 Å². The van der Waals surface area contributed by atoms with Crippen LogP contribution in [0.5, 0.6) is 5.75 Å². The maximum atomic E-state index is 13.1. The predicted molar refractivity (Wildman–Crippen MR) is 114 cm³/mol. The lowest BCUT2D eigenvalue weighted by molar-refractivity contribution is 0.0931. The van der Waals surface area contributed by atoms with Crippen LogP contribution >= 0.6 is 0 Å². The first kappa shape index (κ1) is 19.2. The third-order valence-corrected chi connectivity index (χ3v) is 5.23. The van der Waals surface area contributed by atoms with Gasteiger partial charge in [-0.05, 0) is 50.6 Å². The van der Waals surface area contributed by atoms with Crippen LogP contribution in [-0.2, 0) is 0 Å². The number of hydrogen-bond acceptors (Lipinski definition) is 4. The molecule has 6 heteroatoms. The zero-order valence-electron chi connectivity index (χ0n) is 16.8. The first-order chi connectivity index (χ1) is 14.1. The van der Waals surface area contributed by atoms with Crippen molar-refractivity contribution in [2.75, 3.05) is 20.2 Å². The second-order valence-corrected chi connectivity index (χ2v) is 7.42. The Hall–Kier alpha value is -3.12. The van der Waals surface area contributed by atoms with E-state index in [2.05, 4.69) is 10.6 Å². The van der Waals surface area contributed by atoms with Gasteiger partial charge in [-0.15, -0.1) is 0 Å². The average molecular weight is 390 g/mol. The third-order valence-electron chi connectivity index (χ3n) is 5.23. The molecule has 4 rings (SSSR count). The standard InChI is InChI=1S/C23H26N4O2/c1-16-8-10-19(11-9-16)27-15-21(23(28)25-18-6-4-12-24-14-18)22(26-27)17-5-3-7-20(13-17)29-2/h3,5,7-11,13,15,18,24H,4,6,12,14H2,1-2H3,(H,25,28)/t18-/m0/s1. The normalized spacial score (nSPS) is 16.4. The fourth-order valence-corrected chi connectivity index (χ4v) is 3.59. The van der Waals surface area contributed by atoms with Crippen LogP contribution in [0.1, 0.15) is 28.8 Å². The van der Waals surface area contributed by atoms with Gasteiger partial charge in [-0.25, -0.2) is 4.68 Å². The first-order valence-corrected chi connectivity index (χ1v) is 9.97. The van der Waals surface area contributed by atoms with Gasteiger partial charge in [0.05, 0.1) is 18.4 Å². The van der Waals surface area contributed by atoms with Crippen molar-refractivity contribution < 1.29 is 9.53 Å². The average Bonchev–Trinajstić information content (AvgIpc) is 3.21. The summed E-state index contributed by atoms with van der Waals surface area (Å²) in [5, 5.41) is 11.3. The van der Waals surface area contributed by atoms with E-state index in [-0.39, 0.29) is 11.9 Å². The van der Waals surface area contributed by atoms with Gasteiger partial charge in [0.15, 0.2) is 0 Å². The summed E-state index contributed by atoms with van der Waals surface area (Å²) in [6.45, 7) is 3.85. The lowest BCUT2D eigenvalue weighted by Gasteiger charge is -2.23. The van der Waals surface area contributed by atoms with Gasteiger partial charge in [0.1, 0.15) is 11.4 Å². The van der Waals surface area contributed by atoms with Crippen LogP contribution in [-0.4, -0.2) is 41.9 Å². The van der Waals surface area contributed by atoms with E-state index in [1.807, 2.05) is 61.7 Å². The molecule has 2 heterocycles. The van der Waals surface area contributed by atoms with E-state index in [1.54, 1.807) is 11.8 Å². The Morgan fingerprint density at radius 3 is 2.79 bits per heavy atom. The first-order valence-electron chi connectivity index (χ1n) is 9.97. The van der Waals surface area contributed by atoms with Crippen LogP contribution in [0.2, 0.25) is 0 Å². The Morgan fingerprint density at radius 2 is 2.07 bits per heavy atom. The Morgan fingerprint density at radius 1 is 1.24 bits per heavy atom. The van der Waals surface area contributed by atoms with Crippen LogP contribution in [0.15, 0.2) is 54.7 Å². The molecule has 2 aromatic carbocycles. The molecule has 150 valence electrons. The molecule has 0 spiro atoms. The fraction of sp³-hybridized carbons (Fsp3) is 0.304. The summed E-state index contributed by atoms with van der Waals surface area (Å²) in [6, 6.07) is 15.9. The molecule has 0 saturated carbocycles. The van der Waals surface area contributed by atoms with Gasteiger partial charge < -0.3 is 15.4 Å². The maximum Gasteiger partial charge on any atom is 0.255 e. The summed E-state index contributed by atoms with van der Waals surface area (Å²) in [5.74, 6) is 0.630. The highest BCUT2D eigenvalue weighted by molar-refractivity contribution is 6.00. The van der Waals surface area contributed by atoms with Crippen molar-refractivity contribution in [1.29, 1.82) is 0 Å². The Bertz CT molecular complexity index is 988. The van der Waals surface area contributed by atoms with Crippen LogP contribution in [0.25, 0.3) is 16.9 Å². The van der Waals surface area contributed by atoms with Crippen molar-refractivity contribution in [3.63, 3.8) is 0 Å². The number of benzene rings is 2. The quantitative estimate of drug-likeness (QED) is 0.701. The smallest absolute Gasteiger partial charge is 0.255 e. The van der Waals surface area contributed by atoms with Gasteiger partial charge in [-0.1, -0.05) is 29.8 Å². The minimum Gasteiger partial charge on any atom is -0.497 e. The third kappa shape index (κ3) is 4.32. The van der Waals surface area contributed by atoms with Crippen LogP contribution in [0, 0.1) is 6.92 Å². The van der Waals surface area contributed by atoms with Crippen molar-refractivity contribution in [3.05, 3.63) is 65.9 Å². The molecule has 0 radical (unpaired) electrons. The Balaban J connectivity index is 1.72. The largest absolute Gasteiger partial charge is 0.497 e. The number of methoxy groups -OCH3 is 1. The molecule has 1 amide bonds. The number of nitrogens with one attached hydrogen (secondary N) is 2. The minimum atomic E-state index is -0.102. The number of ether oxygens (including phenoxy) is 1. The molecule has 0 bridgehead atoms. The van der Waals surface area contributed by atoms with Crippen LogP contribution in [0.3, 0.4) is 0 Å². The second kappa shape index (κ2) is 8.49. The van der Waals surface area contributed by atoms with Crippen molar-refractivity contribution in [2.24, 2.45) is 0 Å². The van der Waals surface area contributed by atoms with Crippen molar-refractivity contribution >= 4 is 5.91 Å². The number of carbonyl (C=O) groups excluding carboxylic acids is 1. The van der Waals surface area contributed by atoms with Crippen molar-refractivity contribution in [2.45, 2.75) is 25.8 Å². The van der Waals surface area contributed by atoms with E-state index >= 15 is 0 Å². The van der Waals surface area contributed by atoms with Crippen LogP contribution in [0.4, 0.5) is 0 Å². The molecule has 1 atom stereocenters. The highest BCUT2D eigenvalue weighted by atomic mass is 16.5. The van der Waals surface area contributed by atoms with E-state index in [4.69, 9.17) is 9.84 Å². The lowest BCUT2D eigenvalue weighted by atomic mass is 10.0. The molecule has 1 aliphatic heterocycles. The second-order valence-electron chi connectivity index (χ2n) is 7.42. The van der Waals surface area contributed by atoms with Gasteiger partial charge in [-0.3, -0.25) is 4.79 Å². The number of nitrogens with zero attached hydrogens (tertiary/aromatic N) is 2. The summed E-state index contributed by atoms with van der Waals surface area (Å²) >= 11 is 0. The maximum absolute atomic E-state index is 13.1. The van der Waals surface area contributed by atoms with Gasteiger partial charge in [0.25, 0.3) is 5.91 Å². The monoisotopic (exact) mass is 390 g/mol. The molecule has 0 aliphatic carbocycles. The van der Waals surface area contributed by atoms with Crippen molar-refractivity contribution in [3.8, 4) is 22.7 Å². The fourth-order valence-electron chi connectivity index (χ4n) is 3.59. The number of aryl methyl sites for hydroxylation is 1. The molecule has 1 saturated heterocycles. The Kier molecular flexibility index (Phi) is 5.62. The molecule has 2 N–H and O–H groups in total. The lowest BCUT2D eigenvalue weighted by Crippen LogP contribution is -2.45. The summed E-state index contributed by atoms with van der Waals surface area (Å²) < 4.78 is 7.13. The number of piperidine rings is 1. The predicted octanol–water partition coefficient (Wildman–Crippen LogP) is 3.34. The number of rotatable bonds is 5. The summed E-state index contributed by atoms with van der Waals surface area (Å²) in [4.78, 5) is 13.1. The number of carbonyl (C=O) groups is 1. The van der Waals surface area contributed by atoms with Gasteiger partial charge >= 0.3 is 0 Å². The van der Waals surface area contributed by atoms with E-state index in [0.29, 0.717) is 11.3 Å². The molecular weight excluding hydrogens is 364 g/mol. The van der Waals surface area contributed by atoms with E-state index in [0.717, 1.165) is 42.9 Å². The van der Waals surface area contributed by atoms with Crippen LogP contribution < -0.4 is 15.4 Å². The summed E-state index contributed by atoms with van der Waals surface area (Å²) in [5.41, 5.74) is 4.15. The molecule has 6 nitrogen and oxygen atoms in total. The highest BCUT2D eigenvalue weighted by Gasteiger charge is 2.22. The minimum absolute atomic E-state index is 0.102. The van der Waals surface area contributed by atoms with E-state index in [9.17, 15) is 4.79 Å². The zero-order chi connectivity index (χ0) is 20.2. The van der Waals surface area contributed by atoms with E-state index < -0.39 is 0 Å². The van der Waals surface area contributed by atoms with Gasteiger partial charge in [0, 0.05) is 24.3 Å². The molecule has 3 aromatic rings. The number of hydrogen-bond donors (Lipinski definition) is 2. The molecule has 0 unspecified atom stereocenters. The zero-order valence-corrected chi connectivity index (χ0v) is 16.8. The van der Waals surface area contributed by atoms with Crippen molar-refractivity contribution in [1.82, 2.24) is 20.4 Å². The summed E-state index contributed by atoms with van der Waals surface area (Å²) in [6.07, 6.45) is 3.86. The Labute approximate surface area is 170 Å². The van der Waals surface area contributed by atoms with Gasteiger partial charge in [-0.2, -0.15) is 5.10 Å². The topological polar surface area (TPSA) is 68.2 Å². The summed E-state index contributed by atoms with van der Waals surface area (Å²) in [7, 11) is 1.63. The molecule has 29 heavy (non-hydrogen) atoms. The van der Waals surface area contributed by atoms with Gasteiger partial charge in [0.2, 0.25) is 0 Å². The molecule has 1 fully saturated rings. The SMILES string of the molecule is COc1cccc(-c2nn(-c3ccc(C)cc3)cc2C(=O)N[C@H]2CCCNC2)c1.